The monoisotopic (exact) mass is 272 g/mol. The van der Waals surface area contributed by atoms with Crippen LogP contribution in [0.3, 0.4) is 0 Å². The molecule has 0 spiro atoms. The van der Waals surface area contributed by atoms with E-state index in [1.807, 2.05) is 6.92 Å². The van der Waals surface area contributed by atoms with Crippen LogP contribution in [0.15, 0.2) is 29.2 Å². The van der Waals surface area contributed by atoms with Crippen molar-refractivity contribution in [2.45, 2.75) is 20.4 Å². The summed E-state index contributed by atoms with van der Waals surface area (Å²) in [5.74, 6) is 0. The first-order chi connectivity index (χ1) is 9.54. The van der Waals surface area contributed by atoms with Crippen LogP contribution in [0, 0.1) is 17.0 Å². The number of nitrogens with zero attached hydrogens (tertiary/aromatic N) is 4. The number of aryl methyl sites for hydroxylation is 2. The highest BCUT2D eigenvalue weighted by Crippen LogP contribution is 2.24. The van der Waals surface area contributed by atoms with Crippen molar-refractivity contribution < 1.29 is 4.92 Å². The van der Waals surface area contributed by atoms with Gasteiger partial charge in [-0.2, -0.15) is 5.10 Å². The van der Waals surface area contributed by atoms with Crippen molar-refractivity contribution in [3.63, 3.8) is 0 Å². The zero-order chi connectivity index (χ0) is 14.4. The van der Waals surface area contributed by atoms with Gasteiger partial charge in [-0.05, 0) is 26.0 Å². The molecule has 0 N–H and O–H groups in total. The lowest BCUT2D eigenvalue weighted by Gasteiger charge is -2.10. The number of rotatable bonds is 2. The summed E-state index contributed by atoms with van der Waals surface area (Å²) < 4.78 is 3.05. The molecule has 0 radical (unpaired) electrons. The number of nitro benzene ring substituents is 1. The molecule has 0 unspecified atom stereocenters. The number of fused-ring (bicyclic) bond motifs is 3. The second-order valence-electron chi connectivity index (χ2n) is 4.56. The van der Waals surface area contributed by atoms with E-state index in [2.05, 4.69) is 5.10 Å². The molecule has 102 valence electrons. The van der Waals surface area contributed by atoms with Gasteiger partial charge in [-0.15, -0.1) is 0 Å². The quantitative estimate of drug-likeness (QED) is 0.527. The Balaban J connectivity index is 2.60. The Bertz CT molecular complexity index is 907. The summed E-state index contributed by atoms with van der Waals surface area (Å²) in [6, 6.07) is 4.75. The van der Waals surface area contributed by atoms with E-state index < -0.39 is 4.92 Å². The maximum absolute atomic E-state index is 12.3. The Morgan fingerprint density at radius 3 is 2.70 bits per heavy atom. The standard InChI is InChI=1S/C13H12N4O3/c1-3-15-11-6-8(2)10(17(19)20)7-12(11)16-9(13(15)18)4-5-14-16/h4-7H,3H2,1-2H3. The van der Waals surface area contributed by atoms with Crippen LogP contribution in [0.2, 0.25) is 0 Å². The SMILES string of the molecule is CCn1c(=O)c2ccnn2c2cc([N+](=O)[O-])c(C)cc21. The maximum atomic E-state index is 12.3. The maximum Gasteiger partial charge on any atom is 0.277 e. The summed E-state index contributed by atoms with van der Waals surface area (Å²) in [7, 11) is 0. The molecule has 2 aromatic heterocycles. The minimum atomic E-state index is -0.425. The van der Waals surface area contributed by atoms with Gasteiger partial charge in [-0.25, -0.2) is 4.52 Å². The largest absolute Gasteiger partial charge is 0.305 e. The van der Waals surface area contributed by atoms with Gasteiger partial charge in [0.1, 0.15) is 5.52 Å². The molecule has 1 aromatic carbocycles. The van der Waals surface area contributed by atoms with Crippen molar-refractivity contribution in [1.29, 1.82) is 0 Å². The van der Waals surface area contributed by atoms with Gasteiger partial charge in [0.2, 0.25) is 0 Å². The molecule has 7 heteroatoms. The van der Waals surface area contributed by atoms with Crippen LogP contribution in [0.25, 0.3) is 16.6 Å². The minimum Gasteiger partial charge on any atom is -0.305 e. The molecule has 0 amide bonds. The lowest BCUT2D eigenvalue weighted by atomic mass is 10.1. The van der Waals surface area contributed by atoms with Crippen LogP contribution >= 0.6 is 0 Å². The Hall–Kier alpha value is -2.70. The molecular weight excluding hydrogens is 260 g/mol. The third kappa shape index (κ3) is 1.52. The molecule has 0 saturated carbocycles. The summed E-state index contributed by atoms with van der Waals surface area (Å²) in [6.07, 6.45) is 1.52. The Kier molecular flexibility index (Phi) is 2.56. The van der Waals surface area contributed by atoms with Gasteiger partial charge in [0, 0.05) is 18.2 Å². The second kappa shape index (κ2) is 4.16. The van der Waals surface area contributed by atoms with E-state index in [0.29, 0.717) is 28.7 Å². The van der Waals surface area contributed by atoms with E-state index in [4.69, 9.17) is 0 Å². The van der Waals surface area contributed by atoms with E-state index in [0.717, 1.165) is 0 Å². The van der Waals surface area contributed by atoms with Gasteiger partial charge in [0.25, 0.3) is 11.2 Å². The van der Waals surface area contributed by atoms with Gasteiger partial charge in [0.05, 0.1) is 22.2 Å². The molecule has 0 aliphatic rings. The lowest BCUT2D eigenvalue weighted by Crippen LogP contribution is -2.22. The summed E-state index contributed by atoms with van der Waals surface area (Å²) in [6.45, 7) is 4.02. The topological polar surface area (TPSA) is 82.4 Å². The third-order valence-electron chi connectivity index (χ3n) is 3.43. The van der Waals surface area contributed by atoms with E-state index in [1.54, 1.807) is 23.6 Å². The highest BCUT2D eigenvalue weighted by atomic mass is 16.6. The molecule has 0 fully saturated rings. The van der Waals surface area contributed by atoms with Crippen LogP contribution in [0.4, 0.5) is 5.69 Å². The average Bonchev–Trinajstić information content (AvgIpc) is 2.88. The number of nitro groups is 1. The van der Waals surface area contributed by atoms with Crippen LogP contribution in [-0.4, -0.2) is 19.1 Å². The third-order valence-corrected chi connectivity index (χ3v) is 3.43. The molecule has 2 heterocycles. The van der Waals surface area contributed by atoms with E-state index in [-0.39, 0.29) is 11.2 Å². The van der Waals surface area contributed by atoms with Crippen molar-refractivity contribution in [1.82, 2.24) is 14.2 Å². The Morgan fingerprint density at radius 1 is 1.30 bits per heavy atom. The van der Waals surface area contributed by atoms with Crippen LogP contribution in [0.5, 0.6) is 0 Å². The Morgan fingerprint density at radius 2 is 2.05 bits per heavy atom. The van der Waals surface area contributed by atoms with Crippen molar-refractivity contribution in [2.75, 3.05) is 0 Å². The number of aromatic nitrogens is 3. The molecule has 0 saturated heterocycles. The van der Waals surface area contributed by atoms with Crippen molar-refractivity contribution in [3.05, 3.63) is 50.4 Å². The van der Waals surface area contributed by atoms with Gasteiger partial charge in [-0.3, -0.25) is 14.9 Å². The fourth-order valence-corrected chi connectivity index (χ4v) is 2.47. The van der Waals surface area contributed by atoms with Gasteiger partial charge < -0.3 is 4.57 Å². The van der Waals surface area contributed by atoms with Crippen molar-refractivity contribution in [3.8, 4) is 0 Å². The molecule has 0 aliphatic heterocycles. The first kappa shape index (κ1) is 12.3. The fraction of sp³-hybridized carbons (Fsp3) is 0.231. The average molecular weight is 272 g/mol. The fourth-order valence-electron chi connectivity index (χ4n) is 2.47. The zero-order valence-electron chi connectivity index (χ0n) is 11.0. The number of hydrogen-bond donors (Lipinski definition) is 0. The number of benzene rings is 1. The van der Waals surface area contributed by atoms with E-state index in [1.165, 1.54) is 16.8 Å². The smallest absolute Gasteiger partial charge is 0.277 e. The lowest BCUT2D eigenvalue weighted by molar-refractivity contribution is -0.385. The zero-order valence-corrected chi connectivity index (χ0v) is 11.0. The minimum absolute atomic E-state index is 0.0237. The number of hydrogen-bond acceptors (Lipinski definition) is 4. The van der Waals surface area contributed by atoms with Crippen LogP contribution in [0.1, 0.15) is 12.5 Å². The molecule has 20 heavy (non-hydrogen) atoms. The van der Waals surface area contributed by atoms with E-state index in [9.17, 15) is 14.9 Å². The molecule has 0 bridgehead atoms. The molecule has 3 aromatic rings. The molecule has 0 atom stereocenters. The van der Waals surface area contributed by atoms with Gasteiger partial charge in [0.15, 0.2) is 0 Å². The highest BCUT2D eigenvalue weighted by Gasteiger charge is 2.17. The van der Waals surface area contributed by atoms with E-state index >= 15 is 0 Å². The van der Waals surface area contributed by atoms with Gasteiger partial charge in [-0.1, -0.05) is 0 Å². The second-order valence-corrected chi connectivity index (χ2v) is 4.56. The van der Waals surface area contributed by atoms with Crippen LogP contribution in [-0.2, 0) is 6.54 Å². The first-order valence-corrected chi connectivity index (χ1v) is 6.20. The first-order valence-electron chi connectivity index (χ1n) is 6.20. The van der Waals surface area contributed by atoms with Gasteiger partial charge >= 0.3 is 0 Å². The molecule has 7 nitrogen and oxygen atoms in total. The summed E-state index contributed by atoms with van der Waals surface area (Å²) in [5, 5.41) is 15.2. The van der Waals surface area contributed by atoms with Crippen molar-refractivity contribution >= 4 is 22.2 Å². The van der Waals surface area contributed by atoms with Crippen molar-refractivity contribution in [2.24, 2.45) is 0 Å². The van der Waals surface area contributed by atoms with Crippen LogP contribution < -0.4 is 5.56 Å². The molecule has 0 aliphatic carbocycles. The summed E-state index contributed by atoms with van der Waals surface area (Å²) in [4.78, 5) is 23.0. The summed E-state index contributed by atoms with van der Waals surface area (Å²) in [5.41, 5.74) is 2.02. The molecular formula is C13H12N4O3. The predicted molar refractivity (Wildman–Crippen MR) is 74.0 cm³/mol. The predicted octanol–water partition coefficient (Wildman–Crippen LogP) is 1.89. The summed E-state index contributed by atoms with van der Waals surface area (Å²) >= 11 is 0. The highest BCUT2D eigenvalue weighted by molar-refractivity contribution is 5.82. The normalized spacial score (nSPS) is 11.3. The molecule has 3 rings (SSSR count). The Labute approximate surface area is 113 Å².